The van der Waals surface area contributed by atoms with E-state index in [1.165, 1.54) is 0 Å². The Morgan fingerprint density at radius 3 is 3.00 bits per heavy atom. The number of carbonyl (C=O) groups is 1. The molecular weight excluding hydrogens is 254 g/mol. The molecule has 2 rings (SSSR count). The van der Waals surface area contributed by atoms with Gasteiger partial charge in [0.05, 0.1) is 6.10 Å². The average Bonchev–Trinajstić information content (AvgIpc) is 2.90. The Morgan fingerprint density at radius 2 is 2.40 bits per heavy atom. The van der Waals surface area contributed by atoms with Gasteiger partial charge < -0.3 is 15.4 Å². The molecule has 0 aromatic carbocycles. The summed E-state index contributed by atoms with van der Waals surface area (Å²) in [5.41, 5.74) is 6.60. The fraction of sp³-hybridized carbons (Fsp3) is 0.600. The van der Waals surface area contributed by atoms with Crippen LogP contribution in [0.2, 0.25) is 0 Å². The summed E-state index contributed by atoms with van der Waals surface area (Å²) in [6.45, 7) is 3.83. The molecule has 2 N–H and O–H groups in total. The van der Waals surface area contributed by atoms with Crippen molar-refractivity contribution in [1.29, 1.82) is 0 Å². The number of nitrogens with two attached hydrogens (primary N) is 1. The maximum Gasteiger partial charge on any atom is 0.252 e. The zero-order valence-corrected chi connectivity index (χ0v) is 12.0. The zero-order valence-electron chi connectivity index (χ0n) is 12.0. The molecule has 1 amide bonds. The van der Waals surface area contributed by atoms with Crippen LogP contribution in [0.25, 0.3) is 0 Å². The Hall–Kier alpha value is -1.46. The lowest BCUT2D eigenvalue weighted by Crippen LogP contribution is -2.40. The SMILES string of the molecule is CC1CCC(C(=O)N(CCCN)Cc2cccnc2)O1. The second-order valence-corrected chi connectivity index (χ2v) is 5.28. The predicted octanol–water partition coefficient (Wildman–Crippen LogP) is 1.33. The number of aromatic nitrogens is 1. The minimum Gasteiger partial charge on any atom is -0.365 e. The molecule has 20 heavy (non-hydrogen) atoms. The molecular formula is C15H23N3O2. The van der Waals surface area contributed by atoms with Crippen LogP contribution in [0.3, 0.4) is 0 Å². The van der Waals surface area contributed by atoms with Gasteiger partial charge in [-0.3, -0.25) is 9.78 Å². The molecule has 1 aromatic heterocycles. The van der Waals surface area contributed by atoms with Crippen molar-refractivity contribution >= 4 is 5.91 Å². The van der Waals surface area contributed by atoms with Gasteiger partial charge in [0.2, 0.25) is 0 Å². The van der Waals surface area contributed by atoms with Gasteiger partial charge in [-0.1, -0.05) is 6.07 Å². The largest absolute Gasteiger partial charge is 0.365 e. The highest BCUT2D eigenvalue weighted by atomic mass is 16.5. The molecule has 0 radical (unpaired) electrons. The van der Waals surface area contributed by atoms with E-state index in [2.05, 4.69) is 4.98 Å². The van der Waals surface area contributed by atoms with Crippen molar-refractivity contribution in [2.75, 3.05) is 13.1 Å². The van der Waals surface area contributed by atoms with Crippen LogP contribution in [0.4, 0.5) is 0 Å². The van der Waals surface area contributed by atoms with E-state index in [1.807, 2.05) is 24.0 Å². The summed E-state index contributed by atoms with van der Waals surface area (Å²) in [5, 5.41) is 0. The van der Waals surface area contributed by atoms with Crippen molar-refractivity contribution < 1.29 is 9.53 Å². The number of ether oxygens (including phenoxy) is 1. The molecule has 1 fully saturated rings. The van der Waals surface area contributed by atoms with E-state index in [1.54, 1.807) is 12.4 Å². The van der Waals surface area contributed by atoms with Crippen molar-refractivity contribution in [3.05, 3.63) is 30.1 Å². The van der Waals surface area contributed by atoms with Crippen LogP contribution < -0.4 is 5.73 Å². The lowest BCUT2D eigenvalue weighted by atomic mass is 10.1. The van der Waals surface area contributed by atoms with Crippen LogP contribution in [0.1, 0.15) is 31.7 Å². The fourth-order valence-electron chi connectivity index (χ4n) is 2.45. The highest BCUT2D eigenvalue weighted by molar-refractivity contribution is 5.81. The lowest BCUT2D eigenvalue weighted by molar-refractivity contribution is -0.143. The molecule has 0 bridgehead atoms. The van der Waals surface area contributed by atoms with E-state index < -0.39 is 0 Å². The van der Waals surface area contributed by atoms with E-state index in [0.717, 1.165) is 24.8 Å². The topological polar surface area (TPSA) is 68.5 Å². The quantitative estimate of drug-likeness (QED) is 0.851. The Kier molecular flexibility index (Phi) is 5.49. The first-order valence-corrected chi connectivity index (χ1v) is 7.24. The Balaban J connectivity index is 2.00. The van der Waals surface area contributed by atoms with Gasteiger partial charge in [-0.2, -0.15) is 0 Å². The van der Waals surface area contributed by atoms with E-state index in [9.17, 15) is 4.79 Å². The fourth-order valence-corrected chi connectivity index (χ4v) is 2.45. The van der Waals surface area contributed by atoms with E-state index in [-0.39, 0.29) is 18.1 Å². The van der Waals surface area contributed by atoms with Crippen LogP contribution in [0, 0.1) is 0 Å². The van der Waals surface area contributed by atoms with Crippen molar-refractivity contribution in [3.8, 4) is 0 Å². The molecule has 1 saturated heterocycles. The van der Waals surface area contributed by atoms with Gasteiger partial charge in [-0.05, 0) is 44.4 Å². The standard InChI is InChI=1S/C15H23N3O2/c1-12-5-6-14(20-12)15(19)18(9-3-7-16)11-13-4-2-8-17-10-13/h2,4,8,10,12,14H,3,5-7,9,11,16H2,1H3. The average molecular weight is 277 g/mol. The number of rotatable bonds is 6. The summed E-state index contributed by atoms with van der Waals surface area (Å²) in [5.74, 6) is 0.0756. The van der Waals surface area contributed by atoms with Crippen molar-refractivity contribution in [2.24, 2.45) is 5.73 Å². The van der Waals surface area contributed by atoms with Gasteiger partial charge >= 0.3 is 0 Å². The highest BCUT2D eigenvalue weighted by Gasteiger charge is 2.31. The van der Waals surface area contributed by atoms with Gasteiger partial charge in [-0.25, -0.2) is 0 Å². The zero-order chi connectivity index (χ0) is 14.4. The third-order valence-corrected chi connectivity index (χ3v) is 3.55. The summed E-state index contributed by atoms with van der Waals surface area (Å²) >= 11 is 0. The maximum absolute atomic E-state index is 12.5. The molecule has 2 unspecified atom stereocenters. The summed E-state index contributed by atoms with van der Waals surface area (Å²) in [4.78, 5) is 18.5. The summed E-state index contributed by atoms with van der Waals surface area (Å²) in [7, 11) is 0. The van der Waals surface area contributed by atoms with Gasteiger partial charge in [0.15, 0.2) is 0 Å². The Labute approximate surface area is 120 Å². The predicted molar refractivity (Wildman–Crippen MR) is 76.9 cm³/mol. The normalized spacial score (nSPS) is 21.9. The molecule has 2 heterocycles. The Morgan fingerprint density at radius 1 is 1.55 bits per heavy atom. The molecule has 0 spiro atoms. The number of carbonyl (C=O) groups excluding carboxylic acids is 1. The molecule has 1 aliphatic heterocycles. The van der Waals surface area contributed by atoms with Gasteiger partial charge in [0, 0.05) is 25.5 Å². The number of nitrogens with zero attached hydrogens (tertiary/aromatic N) is 2. The minimum atomic E-state index is -0.292. The van der Waals surface area contributed by atoms with Crippen LogP contribution in [0.5, 0.6) is 0 Å². The van der Waals surface area contributed by atoms with Gasteiger partial charge in [0.1, 0.15) is 6.10 Å². The highest BCUT2D eigenvalue weighted by Crippen LogP contribution is 2.21. The van der Waals surface area contributed by atoms with Crippen molar-refractivity contribution in [2.45, 2.75) is 44.9 Å². The first kappa shape index (κ1) is 14.9. The molecule has 1 aliphatic rings. The molecule has 0 aliphatic carbocycles. The molecule has 1 aromatic rings. The van der Waals surface area contributed by atoms with Crippen molar-refractivity contribution in [3.63, 3.8) is 0 Å². The Bertz CT molecular complexity index is 424. The van der Waals surface area contributed by atoms with Crippen LogP contribution in [0.15, 0.2) is 24.5 Å². The summed E-state index contributed by atoms with van der Waals surface area (Å²) in [6, 6.07) is 3.86. The first-order chi connectivity index (χ1) is 9.70. The maximum atomic E-state index is 12.5. The second-order valence-electron chi connectivity index (χ2n) is 5.28. The molecule has 2 atom stereocenters. The first-order valence-electron chi connectivity index (χ1n) is 7.24. The monoisotopic (exact) mass is 277 g/mol. The lowest BCUT2D eigenvalue weighted by Gasteiger charge is -2.25. The van der Waals surface area contributed by atoms with Gasteiger partial charge in [0.25, 0.3) is 5.91 Å². The second kappa shape index (κ2) is 7.36. The number of pyridine rings is 1. The minimum absolute atomic E-state index is 0.0756. The van der Waals surface area contributed by atoms with Crippen LogP contribution in [-0.4, -0.2) is 41.1 Å². The van der Waals surface area contributed by atoms with E-state index in [4.69, 9.17) is 10.5 Å². The summed E-state index contributed by atoms with van der Waals surface area (Å²) in [6.07, 6.45) is 5.98. The third-order valence-electron chi connectivity index (χ3n) is 3.55. The molecule has 0 saturated carbocycles. The van der Waals surface area contributed by atoms with Gasteiger partial charge in [-0.15, -0.1) is 0 Å². The van der Waals surface area contributed by atoms with Crippen molar-refractivity contribution in [1.82, 2.24) is 9.88 Å². The molecule has 110 valence electrons. The molecule has 5 heteroatoms. The molecule has 5 nitrogen and oxygen atoms in total. The smallest absolute Gasteiger partial charge is 0.252 e. The van der Waals surface area contributed by atoms with E-state index in [0.29, 0.717) is 19.6 Å². The van der Waals surface area contributed by atoms with Crippen LogP contribution >= 0.6 is 0 Å². The third kappa shape index (κ3) is 4.02. The number of amides is 1. The number of hydrogen-bond donors (Lipinski definition) is 1. The van der Waals surface area contributed by atoms with Crippen LogP contribution in [-0.2, 0) is 16.1 Å². The van der Waals surface area contributed by atoms with E-state index >= 15 is 0 Å². The summed E-state index contributed by atoms with van der Waals surface area (Å²) < 4.78 is 5.68. The number of hydrogen-bond acceptors (Lipinski definition) is 4.